The summed E-state index contributed by atoms with van der Waals surface area (Å²) >= 11 is 0. The van der Waals surface area contributed by atoms with Crippen LogP contribution in [-0.4, -0.2) is 35.9 Å². The maximum absolute atomic E-state index is 14.4. The number of pyridine rings is 1. The van der Waals surface area contributed by atoms with Crippen LogP contribution in [0, 0.1) is 11.7 Å². The van der Waals surface area contributed by atoms with E-state index >= 15 is 0 Å². The van der Waals surface area contributed by atoms with Gasteiger partial charge in [0.25, 0.3) is 5.91 Å². The van der Waals surface area contributed by atoms with Crippen LogP contribution < -0.4 is 14.4 Å². The molecule has 2 aromatic rings. The third-order valence-corrected chi connectivity index (χ3v) is 5.70. The number of ether oxygens (including phenoxy) is 2. The van der Waals surface area contributed by atoms with Gasteiger partial charge >= 0.3 is 0 Å². The molecule has 150 valence electrons. The molecule has 29 heavy (non-hydrogen) atoms. The third-order valence-electron chi connectivity index (χ3n) is 5.70. The van der Waals surface area contributed by atoms with E-state index in [1.54, 1.807) is 24.4 Å². The molecule has 0 unspecified atom stereocenters. The Morgan fingerprint density at radius 3 is 2.76 bits per heavy atom. The van der Waals surface area contributed by atoms with Crippen LogP contribution in [0.3, 0.4) is 0 Å². The summed E-state index contributed by atoms with van der Waals surface area (Å²) < 4.78 is 25.8. The van der Waals surface area contributed by atoms with Gasteiger partial charge in [-0.15, -0.1) is 0 Å². The van der Waals surface area contributed by atoms with Crippen molar-refractivity contribution >= 4 is 17.4 Å². The Bertz CT molecular complexity index is 972. The maximum Gasteiger partial charge on any atom is 0.268 e. The van der Waals surface area contributed by atoms with Crippen LogP contribution >= 0.6 is 0 Å². The smallest absolute Gasteiger partial charge is 0.268 e. The van der Waals surface area contributed by atoms with Gasteiger partial charge in [0.15, 0.2) is 11.9 Å². The minimum Gasteiger partial charge on any atom is -0.479 e. The molecule has 1 amide bonds. The lowest BCUT2D eigenvalue weighted by molar-refractivity contribution is -0.122. The number of carbonyl (C=O) groups is 2. The highest BCUT2D eigenvalue weighted by atomic mass is 19.1. The minimum atomic E-state index is -0.665. The van der Waals surface area contributed by atoms with Crippen LogP contribution in [0.1, 0.15) is 41.6 Å². The zero-order valence-electron chi connectivity index (χ0n) is 15.9. The zero-order valence-corrected chi connectivity index (χ0v) is 15.9. The van der Waals surface area contributed by atoms with Gasteiger partial charge in [0, 0.05) is 36.7 Å². The maximum atomic E-state index is 14.4. The summed E-state index contributed by atoms with van der Waals surface area (Å²) in [6, 6.07) is 6.43. The molecule has 0 spiro atoms. The number of Topliss-reactive ketones (excluding diaryl/α,β-unsaturated/α-hetero) is 1. The highest BCUT2D eigenvalue weighted by Gasteiger charge is 2.36. The van der Waals surface area contributed by atoms with Gasteiger partial charge in [-0.3, -0.25) is 9.59 Å². The molecular formula is C22H21FN2O4. The van der Waals surface area contributed by atoms with Crippen LogP contribution in [0.25, 0.3) is 0 Å². The number of benzene rings is 1. The van der Waals surface area contributed by atoms with Gasteiger partial charge in [0.05, 0.1) is 12.8 Å². The van der Waals surface area contributed by atoms with Crippen LogP contribution in [0.2, 0.25) is 0 Å². The van der Waals surface area contributed by atoms with E-state index in [-0.39, 0.29) is 11.7 Å². The van der Waals surface area contributed by atoms with Crippen molar-refractivity contribution in [2.45, 2.75) is 38.2 Å². The van der Waals surface area contributed by atoms with Crippen molar-refractivity contribution in [2.24, 2.45) is 5.92 Å². The number of aromatic nitrogens is 1. The summed E-state index contributed by atoms with van der Waals surface area (Å²) in [7, 11) is 0. The molecule has 0 bridgehead atoms. The Kier molecular flexibility index (Phi) is 4.45. The number of rotatable bonds is 6. The number of hydrogen-bond donors (Lipinski definition) is 0. The van der Waals surface area contributed by atoms with Crippen LogP contribution in [-0.2, 0) is 11.2 Å². The van der Waals surface area contributed by atoms with E-state index in [2.05, 4.69) is 4.98 Å². The standard InChI is InChI=1S/C22H21FN2O4/c23-18-10-14(9-17-16(18)4-5-19(17)26)25-8-7-20(22(25)27)29-15-3-6-21(24-11-15)28-12-13-1-2-13/h3,6,9-11,13,20H,1-2,4-5,7-8,12H2/t20-/m1/s1. The Hall–Kier alpha value is -2.96. The zero-order chi connectivity index (χ0) is 20.0. The first-order valence-electron chi connectivity index (χ1n) is 10.0. The molecule has 1 atom stereocenters. The fourth-order valence-corrected chi connectivity index (χ4v) is 3.85. The van der Waals surface area contributed by atoms with Crippen molar-refractivity contribution in [3.63, 3.8) is 0 Å². The number of hydrogen-bond acceptors (Lipinski definition) is 5. The second-order valence-electron chi connectivity index (χ2n) is 7.85. The highest BCUT2D eigenvalue weighted by molar-refractivity contribution is 6.04. The van der Waals surface area contributed by atoms with Gasteiger partial charge in [0.2, 0.25) is 5.88 Å². The number of amides is 1. The van der Waals surface area contributed by atoms with E-state index in [0.717, 1.165) is 0 Å². The lowest BCUT2D eigenvalue weighted by atomic mass is 10.1. The predicted molar refractivity (Wildman–Crippen MR) is 103 cm³/mol. The first kappa shape index (κ1) is 18.1. The third kappa shape index (κ3) is 3.57. The SMILES string of the molecule is O=C1CCc2c(F)cc(N3CC[C@@H](Oc4ccc(OCC5CC5)nc4)C3=O)cc21. The molecule has 1 aromatic heterocycles. The Morgan fingerprint density at radius 2 is 2.00 bits per heavy atom. The van der Waals surface area contributed by atoms with Gasteiger partial charge in [-0.2, -0.15) is 0 Å². The first-order valence-corrected chi connectivity index (χ1v) is 10.0. The Labute approximate surface area is 167 Å². The highest BCUT2D eigenvalue weighted by Crippen LogP contribution is 2.33. The van der Waals surface area contributed by atoms with Crippen LogP contribution in [0.4, 0.5) is 10.1 Å². The van der Waals surface area contributed by atoms with Crippen LogP contribution in [0.15, 0.2) is 30.5 Å². The molecule has 1 aliphatic heterocycles. The van der Waals surface area contributed by atoms with Gasteiger partial charge in [-0.05, 0) is 48.9 Å². The molecule has 2 heterocycles. The molecule has 0 radical (unpaired) electrons. The summed E-state index contributed by atoms with van der Waals surface area (Å²) in [4.78, 5) is 30.5. The normalized spacial score (nSPS) is 20.9. The average Bonchev–Trinajstić information content (AvgIpc) is 3.38. The summed E-state index contributed by atoms with van der Waals surface area (Å²) in [5.74, 6) is 0.931. The fraction of sp³-hybridized carbons (Fsp3) is 0.409. The predicted octanol–water partition coefficient (Wildman–Crippen LogP) is 3.32. The molecule has 0 N–H and O–H groups in total. The number of halogens is 1. The van der Waals surface area contributed by atoms with Gasteiger partial charge in [0.1, 0.15) is 11.6 Å². The van der Waals surface area contributed by atoms with Gasteiger partial charge in [-0.25, -0.2) is 9.37 Å². The van der Waals surface area contributed by atoms with E-state index in [1.165, 1.54) is 23.8 Å². The molecule has 7 heteroatoms. The summed E-state index contributed by atoms with van der Waals surface area (Å²) in [5, 5.41) is 0. The van der Waals surface area contributed by atoms with Crippen molar-refractivity contribution < 1.29 is 23.5 Å². The molecule has 1 aromatic carbocycles. The van der Waals surface area contributed by atoms with E-state index in [1.807, 2.05) is 0 Å². The largest absolute Gasteiger partial charge is 0.479 e. The van der Waals surface area contributed by atoms with Gasteiger partial charge in [-0.1, -0.05) is 0 Å². The van der Waals surface area contributed by atoms with E-state index in [4.69, 9.17) is 9.47 Å². The molecule has 6 nitrogen and oxygen atoms in total. The molecule has 2 fully saturated rings. The summed E-state index contributed by atoms with van der Waals surface area (Å²) in [5.41, 5.74) is 1.26. The second-order valence-corrected chi connectivity index (χ2v) is 7.85. The van der Waals surface area contributed by atoms with Crippen molar-refractivity contribution in [3.8, 4) is 11.6 Å². The Morgan fingerprint density at radius 1 is 1.14 bits per heavy atom. The summed E-state index contributed by atoms with van der Waals surface area (Å²) in [6.07, 6.45) is 4.53. The number of ketones is 1. The number of fused-ring (bicyclic) bond motifs is 1. The average molecular weight is 396 g/mol. The molecular weight excluding hydrogens is 375 g/mol. The van der Waals surface area contributed by atoms with Crippen molar-refractivity contribution in [1.29, 1.82) is 0 Å². The topological polar surface area (TPSA) is 68.7 Å². The molecule has 1 saturated carbocycles. The molecule has 2 aliphatic carbocycles. The van der Waals surface area contributed by atoms with E-state index in [0.29, 0.717) is 66.8 Å². The monoisotopic (exact) mass is 396 g/mol. The van der Waals surface area contributed by atoms with Gasteiger partial charge < -0.3 is 14.4 Å². The Balaban J connectivity index is 1.26. The second kappa shape index (κ2) is 7.13. The lowest BCUT2D eigenvalue weighted by Gasteiger charge is -2.18. The first-order chi connectivity index (χ1) is 14.1. The number of carbonyl (C=O) groups excluding carboxylic acids is 2. The molecule has 5 rings (SSSR count). The van der Waals surface area contributed by atoms with E-state index < -0.39 is 11.9 Å². The number of anilines is 1. The lowest BCUT2D eigenvalue weighted by Crippen LogP contribution is -2.32. The fourth-order valence-electron chi connectivity index (χ4n) is 3.85. The van der Waals surface area contributed by atoms with E-state index in [9.17, 15) is 14.0 Å². The van der Waals surface area contributed by atoms with Crippen molar-refractivity contribution in [1.82, 2.24) is 4.98 Å². The van der Waals surface area contributed by atoms with Crippen molar-refractivity contribution in [3.05, 3.63) is 47.4 Å². The summed E-state index contributed by atoms with van der Waals surface area (Å²) in [6.45, 7) is 1.09. The quantitative estimate of drug-likeness (QED) is 0.749. The van der Waals surface area contributed by atoms with Crippen molar-refractivity contribution in [2.75, 3.05) is 18.1 Å². The minimum absolute atomic E-state index is 0.0738. The van der Waals surface area contributed by atoms with Crippen LogP contribution in [0.5, 0.6) is 11.6 Å². The molecule has 1 saturated heterocycles. The number of nitrogens with zero attached hydrogens (tertiary/aromatic N) is 2. The molecule has 3 aliphatic rings.